The van der Waals surface area contributed by atoms with Crippen molar-refractivity contribution in [1.29, 1.82) is 0 Å². The molecule has 0 spiro atoms. The Morgan fingerprint density at radius 2 is 1.50 bits per heavy atom. The molecule has 0 unspecified atom stereocenters. The van der Waals surface area contributed by atoms with Gasteiger partial charge in [-0.25, -0.2) is 0 Å². The zero-order chi connectivity index (χ0) is 5.54. The molecule has 1 radical (unpaired) electrons. The Bertz CT molecular complexity index is 33.2. The van der Waals surface area contributed by atoms with Crippen LogP contribution in [0.3, 0.4) is 0 Å². The molecule has 0 aromatic rings. The van der Waals surface area contributed by atoms with Gasteiger partial charge in [-0.05, 0) is 13.8 Å². The summed E-state index contributed by atoms with van der Waals surface area (Å²) in [7, 11) is 0. The van der Waals surface area contributed by atoms with Crippen LogP contribution in [0.5, 0.6) is 0 Å². The van der Waals surface area contributed by atoms with Gasteiger partial charge >= 0.3 is 45.4 Å². The Morgan fingerprint density at radius 1 is 1.12 bits per heavy atom. The molecule has 0 heterocycles. The average Bonchev–Trinajstić information content (AvgIpc) is 1.69. The van der Waals surface area contributed by atoms with E-state index in [2.05, 4.69) is 0 Å². The van der Waals surface area contributed by atoms with Crippen LogP contribution in [0.1, 0.15) is 13.8 Å². The van der Waals surface area contributed by atoms with E-state index in [4.69, 9.17) is 7.58 Å². The van der Waals surface area contributed by atoms with Crippen molar-refractivity contribution in [3.8, 4) is 0 Å². The summed E-state index contributed by atoms with van der Waals surface area (Å²) in [6.45, 7) is 5.47. The van der Waals surface area contributed by atoms with Crippen LogP contribution in [-0.2, 0) is 7.58 Å². The standard InChI is InChI=1S/2C2H5O.Al.Na.H/c2*1-2-3;;;/h2*2H2,1H3;;;/q2*-1;+2;;. The summed E-state index contributed by atoms with van der Waals surface area (Å²) in [6.07, 6.45) is 0. The molecule has 0 atom stereocenters. The van der Waals surface area contributed by atoms with Gasteiger partial charge in [-0.3, -0.25) is 0 Å². The molecule has 0 aliphatic carbocycles. The molecule has 0 aromatic carbocycles. The van der Waals surface area contributed by atoms with E-state index in [-0.39, 0.29) is 45.4 Å². The second kappa shape index (κ2) is 11.3. The van der Waals surface area contributed by atoms with Crippen molar-refractivity contribution in [3.05, 3.63) is 0 Å². The van der Waals surface area contributed by atoms with E-state index in [1.165, 1.54) is 0 Å². The first-order chi connectivity index (χ1) is 3.41. The Hall–Kier alpha value is 1.45. The Balaban J connectivity index is 0. The molecule has 0 N–H and O–H groups in total. The molecule has 0 rings (SSSR count). The fraction of sp³-hybridized carbons (Fsp3) is 1.00. The SMILES string of the molecule is CC[O][Al][O]CC.[NaH]. The zero-order valence-corrected chi connectivity index (χ0v) is 5.96. The van der Waals surface area contributed by atoms with Crippen molar-refractivity contribution in [1.82, 2.24) is 0 Å². The second-order valence-corrected chi connectivity index (χ2v) is 1.87. The molecule has 0 aromatic heterocycles. The van der Waals surface area contributed by atoms with Gasteiger partial charge in [-0.1, -0.05) is 0 Å². The Morgan fingerprint density at radius 3 is 1.75 bits per heavy atom. The van der Waals surface area contributed by atoms with E-state index in [0.717, 1.165) is 13.2 Å². The zero-order valence-electron chi connectivity index (χ0n) is 4.81. The van der Waals surface area contributed by atoms with Crippen LogP contribution in [0, 0.1) is 0 Å². The topological polar surface area (TPSA) is 18.5 Å². The predicted molar refractivity (Wildman–Crippen MR) is 36.2 cm³/mol. The molecular formula is C4H11AlNaO2. The van der Waals surface area contributed by atoms with E-state index < -0.39 is 0 Å². The normalized spacial score (nSPS) is 7.75. The summed E-state index contributed by atoms with van der Waals surface area (Å²) in [5.74, 6) is 0. The van der Waals surface area contributed by atoms with Crippen molar-refractivity contribution < 1.29 is 7.58 Å². The summed E-state index contributed by atoms with van der Waals surface area (Å²) in [5, 5.41) is 0. The van der Waals surface area contributed by atoms with E-state index in [1.807, 2.05) is 13.8 Å². The molecule has 0 saturated carbocycles. The van der Waals surface area contributed by atoms with Crippen molar-refractivity contribution in [3.63, 3.8) is 0 Å². The van der Waals surface area contributed by atoms with Gasteiger partial charge in [0.25, 0.3) is 0 Å². The number of hydrogen-bond donors (Lipinski definition) is 0. The van der Waals surface area contributed by atoms with Crippen LogP contribution in [0.15, 0.2) is 0 Å². The molecule has 4 heteroatoms. The summed E-state index contributed by atoms with van der Waals surface area (Å²) < 4.78 is 9.87. The molecular weight excluding hydrogens is 130 g/mol. The maximum atomic E-state index is 4.94. The van der Waals surface area contributed by atoms with Gasteiger partial charge in [0.1, 0.15) is 0 Å². The van der Waals surface area contributed by atoms with E-state index in [1.54, 1.807) is 0 Å². The molecule has 2 nitrogen and oxygen atoms in total. The molecule has 8 heavy (non-hydrogen) atoms. The monoisotopic (exact) mass is 141 g/mol. The first-order valence-corrected chi connectivity index (χ1v) is 3.41. The molecule has 0 fully saturated rings. The van der Waals surface area contributed by atoms with Crippen LogP contribution >= 0.6 is 0 Å². The van der Waals surface area contributed by atoms with Crippen LogP contribution in [-0.4, -0.2) is 58.7 Å². The average molecular weight is 141 g/mol. The first kappa shape index (κ1) is 12.2. The van der Waals surface area contributed by atoms with Crippen LogP contribution in [0.4, 0.5) is 0 Å². The molecule has 0 amide bonds. The van der Waals surface area contributed by atoms with Gasteiger partial charge in [0.2, 0.25) is 0 Å². The molecule has 0 bridgehead atoms. The molecule has 0 saturated heterocycles. The van der Waals surface area contributed by atoms with Gasteiger partial charge in [0.05, 0.1) is 0 Å². The number of rotatable bonds is 4. The van der Waals surface area contributed by atoms with Crippen molar-refractivity contribution in [2.75, 3.05) is 13.2 Å². The number of hydrogen-bond acceptors (Lipinski definition) is 2. The Labute approximate surface area is 79.6 Å². The molecule has 0 aliphatic heterocycles. The minimum absolute atomic E-state index is 0. The summed E-state index contributed by atoms with van der Waals surface area (Å²) in [4.78, 5) is 0. The van der Waals surface area contributed by atoms with Gasteiger partial charge in [0.15, 0.2) is 0 Å². The molecule has 43 valence electrons. The summed E-state index contributed by atoms with van der Waals surface area (Å²) >= 11 is -0.178. The third-order valence-electron chi connectivity index (χ3n) is 0.469. The minimum atomic E-state index is -0.178. The van der Waals surface area contributed by atoms with E-state index >= 15 is 0 Å². The first-order valence-electron chi connectivity index (χ1n) is 2.46. The van der Waals surface area contributed by atoms with Crippen molar-refractivity contribution in [2.45, 2.75) is 13.8 Å². The van der Waals surface area contributed by atoms with Gasteiger partial charge in [-0.15, -0.1) is 0 Å². The third-order valence-corrected chi connectivity index (χ3v) is 1.41. The van der Waals surface area contributed by atoms with E-state index in [0.29, 0.717) is 0 Å². The third kappa shape index (κ3) is 10.4. The van der Waals surface area contributed by atoms with E-state index in [9.17, 15) is 0 Å². The van der Waals surface area contributed by atoms with Gasteiger partial charge in [-0.2, -0.15) is 0 Å². The quantitative estimate of drug-likeness (QED) is 0.403. The van der Waals surface area contributed by atoms with Crippen LogP contribution in [0.25, 0.3) is 0 Å². The van der Waals surface area contributed by atoms with Crippen LogP contribution < -0.4 is 0 Å². The fourth-order valence-electron chi connectivity index (χ4n) is 0.184. The van der Waals surface area contributed by atoms with Gasteiger partial charge in [0, 0.05) is 13.2 Å². The Kier molecular flexibility index (Phi) is 17.1. The fourth-order valence-corrected chi connectivity index (χ4v) is 0.553. The predicted octanol–water partition coefficient (Wildman–Crippen LogP) is -0.0549. The maximum absolute atomic E-state index is 4.94. The summed E-state index contributed by atoms with van der Waals surface area (Å²) in [6, 6.07) is 0. The second-order valence-electron chi connectivity index (χ2n) is 1.01. The van der Waals surface area contributed by atoms with Crippen LogP contribution in [0.2, 0.25) is 0 Å². The van der Waals surface area contributed by atoms with Gasteiger partial charge < -0.3 is 7.58 Å². The summed E-state index contributed by atoms with van der Waals surface area (Å²) in [5.41, 5.74) is 0. The van der Waals surface area contributed by atoms with Crippen molar-refractivity contribution >= 4 is 45.4 Å². The van der Waals surface area contributed by atoms with Crippen molar-refractivity contribution in [2.24, 2.45) is 0 Å². The molecule has 0 aliphatic rings.